The van der Waals surface area contributed by atoms with Crippen LogP contribution in [0.2, 0.25) is 0 Å². The highest BCUT2D eigenvalue weighted by molar-refractivity contribution is 5.85. The summed E-state index contributed by atoms with van der Waals surface area (Å²) in [5, 5.41) is 18.0. The molecule has 0 aliphatic heterocycles. The van der Waals surface area contributed by atoms with Crippen LogP contribution in [0.4, 0.5) is 20.3 Å². The number of aromatic nitrogens is 2. The summed E-state index contributed by atoms with van der Waals surface area (Å²) in [7, 11) is 0. The summed E-state index contributed by atoms with van der Waals surface area (Å²) in [4.78, 5) is 10.5. The van der Waals surface area contributed by atoms with Gasteiger partial charge in [0, 0.05) is 0 Å². The number of nitrogens with zero attached hydrogens (tertiary/aromatic N) is 2. The number of carboxylic acid groups (broad SMARTS) is 1. The van der Waals surface area contributed by atoms with Crippen LogP contribution in [0, 0.1) is 11.6 Å². The molecule has 5 nitrogen and oxygen atoms in total. The smallest absolute Gasteiger partial charge is 0.356 e. The van der Waals surface area contributed by atoms with Crippen LogP contribution in [0.1, 0.15) is 10.5 Å². The van der Waals surface area contributed by atoms with Gasteiger partial charge >= 0.3 is 5.97 Å². The second-order valence-electron chi connectivity index (χ2n) is 3.34. The van der Waals surface area contributed by atoms with E-state index in [2.05, 4.69) is 15.5 Å². The molecule has 0 aliphatic rings. The average Bonchev–Trinajstić information content (AvgIpc) is 2.36. The van der Waals surface area contributed by atoms with E-state index in [4.69, 9.17) is 5.11 Å². The number of anilines is 2. The lowest BCUT2D eigenvalue weighted by molar-refractivity contribution is 0.0689. The standard InChI is InChI=1S/C11H7F2N3O2/c12-6-2-1-3-7(10(6)13)14-9-5-4-8(11(17)18)15-16-9/h1-5H,(H,14,16)(H,17,18). The first-order valence-electron chi connectivity index (χ1n) is 4.86. The molecule has 0 spiro atoms. The molecule has 92 valence electrons. The number of carboxylic acids is 1. The normalized spacial score (nSPS) is 10.1. The fourth-order valence-corrected chi connectivity index (χ4v) is 1.25. The molecule has 0 saturated heterocycles. The van der Waals surface area contributed by atoms with E-state index in [9.17, 15) is 13.6 Å². The van der Waals surface area contributed by atoms with E-state index in [0.717, 1.165) is 6.07 Å². The molecule has 0 aliphatic carbocycles. The average molecular weight is 251 g/mol. The van der Waals surface area contributed by atoms with Crippen molar-refractivity contribution in [3.63, 3.8) is 0 Å². The molecule has 2 aromatic rings. The minimum absolute atomic E-state index is 0.104. The second-order valence-corrected chi connectivity index (χ2v) is 3.34. The van der Waals surface area contributed by atoms with E-state index in [0.29, 0.717) is 0 Å². The van der Waals surface area contributed by atoms with Gasteiger partial charge in [-0.15, -0.1) is 10.2 Å². The minimum Gasteiger partial charge on any atom is -0.476 e. The molecule has 2 rings (SSSR count). The van der Waals surface area contributed by atoms with Gasteiger partial charge in [0.1, 0.15) is 0 Å². The van der Waals surface area contributed by atoms with E-state index in [1.54, 1.807) is 0 Å². The largest absolute Gasteiger partial charge is 0.476 e. The van der Waals surface area contributed by atoms with Crippen molar-refractivity contribution in [3.8, 4) is 0 Å². The van der Waals surface area contributed by atoms with Gasteiger partial charge in [0.15, 0.2) is 23.1 Å². The summed E-state index contributed by atoms with van der Waals surface area (Å²) in [5.41, 5.74) is -0.340. The van der Waals surface area contributed by atoms with Crippen molar-refractivity contribution in [2.45, 2.75) is 0 Å². The van der Waals surface area contributed by atoms with Crippen LogP contribution in [0.15, 0.2) is 30.3 Å². The number of halogens is 2. The van der Waals surface area contributed by atoms with Crippen molar-refractivity contribution in [2.24, 2.45) is 0 Å². The van der Waals surface area contributed by atoms with Crippen molar-refractivity contribution >= 4 is 17.5 Å². The zero-order valence-corrected chi connectivity index (χ0v) is 8.89. The van der Waals surface area contributed by atoms with Crippen LogP contribution in [0.3, 0.4) is 0 Å². The van der Waals surface area contributed by atoms with Crippen LogP contribution < -0.4 is 5.32 Å². The Labute approximate surface area is 100 Å². The van der Waals surface area contributed by atoms with Crippen molar-refractivity contribution < 1.29 is 18.7 Å². The van der Waals surface area contributed by atoms with Gasteiger partial charge in [0.25, 0.3) is 0 Å². The highest BCUT2D eigenvalue weighted by Crippen LogP contribution is 2.20. The van der Waals surface area contributed by atoms with Gasteiger partial charge in [-0.05, 0) is 24.3 Å². The van der Waals surface area contributed by atoms with Gasteiger partial charge in [0.2, 0.25) is 0 Å². The monoisotopic (exact) mass is 251 g/mol. The Morgan fingerprint density at radius 1 is 1.17 bits per heavy atom. The molecule has 0 amide bonds. The van der Waals surface area contributed by atoms with Crippen molar-refractivity contribution in [2.75, 3.05) is 5.32 Å². The van der Waals surface area contributed by atoms with Crippen molar-refractivity contribution in [3.05, 3.63) is 47.7 Å². The summed E-state index contributed by atoms with van der Waals surface area (Å²) in [6, 6.07) is 6.15. The van der Waals surface area contributed by atoms with E-state index >= 15 is 0 Å². The van der Waals surface area contributed by atoms with Crippen LogP contribution in [-0.4, -0.2) is 21.3 Å². The van der Waals surface area contributed by atoms with Gasteiger partial charge < -0.3 is 10.4 Å². The number of benzene rings is 1. The van der Waals surface area contributed by atoms with E-state index in [1.165, 1.54) is 24.3 Å². The number of nitrogens with one attached hydrogen (secondary N) is 1. The molecule has 0 atom stereocenters. The molecule has 18 heavy (non-hydrogen) atoms. The summed E-state index contributed by atoms with van der Waals surface area (Å²) >= 11 is 0. The minimum atomic E-state index is -1.22. The zero-order valence-electron chi connectivity index (χ0n) is 8.89. The SMILES string of the molecule is O=C(O)c1ccc(Nc2cccc(F)c2F)nn1. The predicted octanol–water partition coefficient (Wildman–Crippen LogP) is 2.20. The number of hydrogen-bond acceptors (Lipinski definition) is 4. The highest BCUT2D eigenvalue weighted by atomic mass is 19.2. The number of rotatable bonds is 3. The highest BCUT2D eigenvalue weighted by Gasteiger charge is 2.09. The lowest BCUT2D eigenvalue weighted by atomic mass is 10.3. The molecule has 1 heterocycles. The summed E-state index contributed by atoms with van der Waals surface area (Å²) in [5.74, 6) is -3.13. The first-order valence-corrected chi connectivity index (χ1v) is 4.86. The van der Waals surface area contributed by atoms with Gasteiger partial charge in [-0.25, -0.2) is 13.6 Å². The number of aromatic carboxylic acids is 1. The first kappa shape index (κ1) is 11.9. The number of hydrogen-bond donors (Lipinski definition) is 2. The van der Waals surface area contributed by atoms with Crippen molar-refractivity contribution in [1.29, 1.82) is 0 Å². The van der Waals surface area contributed by atoms with Gasteiger partial charge in [-0.2, -0.15) is 0 Å². The third-order valence-corrected chi connectivity index (χ3v) is 2.10. The molecule has 0 unspecified atom stereocenters. The molecular formula is C11H7F2N3O2. The lowest BCUT2D eigenvalue weighted by Crippen LogP contribution is -2.04. The predicted molar refractivity (Wildman–Crippen MR) is 58.6 cm³/mol. The van der Waals surface area contributed by atoms with Gasteiger partial charge in [-0.1, -0.05) is 6.07 Å². The third kappa shape index (κ3) is 2.40. The van der Waals surface area contributed by atoms with E-state index < -0.39 is 17.6 Å². The topological polar surface area (TPSA) is 75.1 Å². The van der Waals surface area contributed by atoms with Crippen molar-refractivity contribution in [1.82, 2.24) is 10.2 Å². The van der Waals surface area contributed by atoms with Crippen LogP contribution in [-0.2, 0) is 0 Å². The molecular weight excluding hydrogens is 244 g/mol. The zero-order chi connectivity index (χ0) is 13.1. The Bertz CT molecular complexity index is 587. The molecule has 7 heteroatoms. The molecule has 0 saturated carbocycles. The first-order chi connectivity index (χ1) is 8.58. The third-order valence-electron chi connectivity index (χ3n) is 2.10. The van der Waals surface area contributed by atoms with Crippen LogP contribution >= 0.6 is 0 Å². The van der Waals surface area contributed by atoms with Crippen LogP contribution in [0.25, 0.3) is 0 Å². The Hall–Kier alpha value is -2.57. The Kier molecular flexibility index (Phi) is 3.13. The van der Waals surface area contributed by atoms with Gasteiger partial charge in [0.05, 0.1) is 5.69 Å². The second kappa shape index (κ2) is 4.74. The quantitative estimate of drug-likeness (QED) is 0.874. The summed E-state index contributed by atoms with van der Waals surface area (Å²) in [6.45, 7) is 0. The molecule has 1 aromatic carbocycles. The molecule has 0 radical (unpaired) electrons. The summed E-state index contributed by atoms with van der Waals surface area (Å²) in [6.07, 6.45) is 0. The summed E-state index contributed by atoms with van der Waals surface area (Å²) < 4.78 is 26.2. The van der Waals surface area contributed by atoms with E-state index in [-0.39, 0.29) is 17.2 Å². The Morgan fingerprint density at radius 2 is 1.94 bits per heavy atom. The fraction of sp³-hybridized carbons (Fsp3) is 0. The Balaban J connectivity index is 2.24. The lowest BCUT2D eigenvalue weighted by Gasteiger charge is -2.06. The van der Waals surface area contributed by atoms with E-state index in [1.807, 2.05) is 0 Å². The molecule has 2 N–H and O–H groups in total. The van der Waals surface area contributed by atoms with Gasteiger partial charge in [-0.3, -0.25) is 0 Å². The fourth-order valence-electron chi connectivity index (χ4n) is 1.25. The maximum absolute atomic E-state index is 13.3. The molecule has 0 fully saturated rings. The molecule has 0 bridgehead atoms. The number of carbonyl (C=O) groups is 1. The maximum atomic E-state index is 13.3. The van der Waals surface area contributed by atoms with Crippen LogP contribution in [0.5, 0.6) is 0 Å². The Morgan fingerprint density at radius 3 is 2.56 bits per heavy atom. The molecule has 1 aromatic heterocycles. The maximum Gasteiger partial charge on any atom is 0.356 e.